The highest BCUT2D eigenvalue weighted by Crippen LogP contribution is 2.16. The molecule has 0 aliphatic carbocycles. The Morgan fingerprint density at radius 3 is 2.54 bits per heavy atom. The van der Waals surface area contributed by atoms with Crippen molar-refractivity contribution in [3.63, 3.8) is 0 Å². The van der Waals surface area contributed by atoms with E-state index in [0.29, 0.717) is 23.6 Å². The van der Waals surface area contributed by atoms with Crippen molar-refractivity contribution < 1.29 is 13.2 Å². The highest BCUT2D eigenvalue weighted by molar-refractivity contribution is 7.91. The van der Waals surface area contributed by atoms with E-state index < -0.39 is 9.84 Å². The summed E-state index contributed by atoms with van der Waals surface area (Å²) in [5, 5.41) is 13.7. The number of nitrogens with zero attached hydrogens (tertiary/aromatic N) is 2. The van der Waals surface area contributed by atoms with Gasteiger partial charge in [-0.3, -0.25) is 4.79 Å². The Labute approximate surface area is 140 Å². The summed E-state index contributed by atoms with van der Waals surface area (Å²) in [4.78, 5) is 12.1. The normalized spacial score (nSPS) is 19.0. The first-order valence-corrected chi connectivity index (χ1v) is 9.42. The molecule has 0 radical (unpaired) electrons. The van der Waals surface area contributed by atoms with Crippen LogP contribution in [0.3, 0.4) is 0 Å². The highest BCUT2D eigenvalue weighted by Gasteiger charge is 2.27. The third-order valence-corrected chi connectivity index (χ3v) is 5.54. The van der Waals surface area contributed by atoms with E-state index >= 15 is 0 Å². The van der Waals surface area contributed by atoms with Crippen LogP contribution in [0.15, 0.2) is 36.4 Å². The van der Waals surface area contributed by atoms with Crippen molar-refractivity contribution in [3.05, 3.63) is 47.5 Å². The maximum atomic E-state index is 12.1. The number of amides is 1. The van der Waals surface area contributed by atoms with Crippen molar-refractivity contribution in [1.82, 2.24) is 10.2 Å². The minimum absolute atomic E-state index is 0.112. The predicted molar refractivity (Wildman–Crippen MR) is 91.8 cm³/mol. The fourth-order valence-electron chi connectivity index (χ4n) is 2.57. The number of sulfone groups is 1. The molecular formula is C16H18N4O3S. The van der Waals surface area contributed by atoms with E-state index in [-0.39, 0.29) is 23.5 Å². The lowest BCUT2D eigenvalue weighted by atomic mass is 10.1. The van der Waals surface area contributed by atoms with Crippen LogP contribution in [0.2, 0.25) is 0 Å². The van der Waals surface area contributed by atoms with Crippen LogP contribution in [0, 0.1) is 6.92 Å². The van der Waals surface area contributed by atoms with Gasteiger partial charge in [-0.1, -0.05) is 17.7 Å². The summed E-state index contributed by atoms with van der Waals surface area (Å²) in [6, 6.07) is 10.4. The number of anilines is 2. The molecule has 0 spiro atoms. The molecule has 1 atom stereocenters. The summed E-state index contributed by atoms with van der Waals surface area (Å²) in [5.74, 6) is 0.885. The zero-order chi connectivity index (χ0) is 17.2. The fourth-order valence-corrected chi connectivity index (χ4v) is 4.24. The molecule has 0 bridgehead atoms. The van der Waals surface area contributed by atoms with Gasteiger partial charge in [0.15, 0.2) is 15.7 Å². The number of aromatic nitrogens is 2. The van der Waals surface area contributed by atoms with Crippen LogP contribution in [0.5, 0.6) is 0 Å². The second-order valence-electron chi connectivity index (χ2n) is 5.87. The molecule has 2 N–H and O–H groups in total. The van der Waals surface area contributed by atoms with E-state index in [1.165, 1.54) is 0 Å². The van der Waals surface area contributed by atoms with E-state index in [0.717, 1.165) is 5.56 Å². The predicted octanol–water partition coefficient (Wildman–Crippen LogP) is 1.64. The average molecular weight is 346 g/mol. The van der Waals surface area contributed by atoms with E-state index in [4.69, 9.17) is 0 Å². The molecule has 1 fully saturated rings. The Morgan fingerprint density at radius 2 is 1.92 bits per heavy atom. The monoisotopic (exact) mass is 346 g/mol. The molecule has 2 heterocycles. The minimum Gasteiger partial charge on any atom is -0.365 e. The van der Waals surface area contributed by atoms with E-state index in [2.05, 4.69) is 20.8 Å². The molecule has 1 unspecified atom stereocenters. The Hall–Kier alpha value is -2.48. The van der Waals surface area contributed by atoms with Crippen LogP contribution in [-0.2, 0) is 9.84 Å². The first-order valence-electron chi connectivity index (χ1n) is 7.60. The molecule has 1 aliphatic heterocycles. The van der Waals surface area contributed by atoms with Gasteiger partial charge in [-0.2, -0.15) is 0 Å². The largest absolute Gasteiger partial charge is 0.365 e. The summed E-state index contributed by atoms with van der Waals surface area (Å²) in [6.07, 6.45) is 0.565. The van der Waals surface area contributed by atoms with Gasteiger partial charge in [-0.15, -0.1) is 10.2 Å². The molecule has 1 saturated heterocycles. The molecule has 24 heavy (non-hydrogen) atoms. The van der Waals surface area contributed by atoms with E-state index in [1.54, 1.807) is 24.3 Å². The van der Waals surface area contributed by atoms with Gasteiger partial charge in [0, 0.05) is 11.6 Å². The molecule has 0 saturated carbocycles. The van der Waals surface area contributed by atoms with Gasteiger partial charge < -0.3 is 10.6 Å². The van der Waals surface area contributed by atoms with Crippen molar-refractivity contribution in [2.45, 2.75) is 19.4 Å². The number of rotatable bonds is 4. The summed E-state index contributed by atoms with van der Waals surface area (Å²) >= 11 is 0. The second kappa shape index (κ2) is 6.56. The Balaban J connectivity index is 1.61. The number of carbonyl (C=O) groups excluding carboxylic acids is 1. The van der Waals surface area contributed by atoms with E-state index in [1.807, 2.05) is 19.1 Å². The number of hydrogen-bond donors (Lipinski definition) is 2. The maximum Gasteiger partial charge on any atom is 0.256 e. The van der Waals surface area contributed by atoms with Gasteiger partial charge >= 0.3 is 0 Å². The van der Waals surface area contributed by atoms with Crippen molar-refractivity contribution in [3.8, 4) is 0 Å². The highest BCUT2D eigenvalue weighted by atomic mass is 32.2. The quantitative estimate of drug-likeness (QED) is 0.873. The topological polar surface area (TPSA) is 101 Å². The number of carbonyl (C=O) groups is 1. The van der Waals surface area contributed by atoms with Gasteiger partial charge in [0.05, 0.1) is 11.5 Å². The molecule has 7 nitrogen and oxygen atoms in total. The lowest BCUT2D eigenvalue weighted by Crippen LogP contribution is -2.21. The number of hydrogen-bond acceptors (Lipinski definition) is 6. The van der Waals surface area contributed by atoms with Gasteiger partial charge in [-0.25, -0.2) is 8.42 Å². The Bertz CT molecular complexity index is 850. The molecule has 1 aromatic heterocycles. The molecule has 2 aromatic rings. The first kappa shape index (κ1) is 16.4. The number of aryl methyl sites for hydroxylation is 1. The van der Waals surface area contributed by atoms with Crippen molar-refractivity contribution in [1.29, 1.82) is 0 Å². The van der Waals surface area contributed by atoms with Gasteiger partial charge in [0.2, 0.25) is 0 Å². The minimum atomic E-state index is -2.94. The summed E-state index contributed by atoms with van der Waals surface area (Å²) in [7, 11) is -2.94. The fraction of sp³-hybridized carbons (Fsp3) is 0.312. The smallest absolute Gasteiger partial charge is 0.256 e. The third-order valence-electron chi connectivity index (χ3n) is 3.77. The molecule has 1 amide bonds. The van der Waals surface area contributed by atoms with Crippen LogP contribution < -0.4 is 10.6 Å². The Morgan fingerprint density at radius 1 is 1.17 bits per heavy atom. The first-order chi connectivity index (χ1) is 11.4. The molecular weight excluding hydrogens is 328 g/mol. The summed E-state index contributed by atoms with van der Waals surface area (Å²) < 4.78 is 22.9. The Kier molecular flexibility index (Phi) is 4.48. The van der Waals surface area contributed by atoms with Crippen molar-refractivity contribution in [2.75, 3.05) is 22.1 Å². The zero-order valence-electron chi connectivity index (χ0n) is 13.2. The van der Waals surface area contributed by atoms with Gasteiger partial charge in [0.25, 0.3) is 5.91 Å². The SMILES string of the molecule is Cc1cccc(C(=O)Nc2ccc(NC3CCS(=O)(=O)C3)nn2)c1. The van der Waals surface area contributed by atoms with Crippen LogP contribution >= 0.6 is 0 Å². The lowest BCUT2D eigenvalue weighted by Gasteiger charge is -2.11. The average Bonchev–Trinajstić information content (AvgIpc) is 2.88. The zero-order valence-corrected chi connectivity index (χ0v) is 14.0. The summed E-state index contributed by atoms with van der Waals surface area (Å²) in [5.41, 5.74) is 1.55. The van der Waals surface area contributed by atoms with Gasteiger partial charge in [-0.05, 0) is 37.6 Å². The van der Waals surface area contributed by atoms with E-state index in [9.17, 15) is 13.2 Å². The van der Waals surface area contributed by atoms with Crippen molar-refractivity contribution >= 4 is 27.4 Å². The second-order valence-corrected chi connectivity index (χ2v) is 8.10. The molecule has 126 valence electrons. The number of benzene rings is 1. The third kappa shape index (κ3) is 4.08. The molecule has 3 rings (SSSR count). The standard InChI is InChI=1S/C16H18N4O3S/c1-11-3-2-4-12(9-11)16(21)18-15-6-5-14(19-20-15)17-13-7-8-24(22,23)10-13/h2-6,9,13H,7-8,10H2,1H3,(H,17,19)(H,18,20,21). The lowest BCUT2D eigenvalue weighted by molar-refractivity contribution is 0.102. The maximum absolute atomic E-state index is 12.1. The van der Waals surface area contributed by atoms with Gasteiger partial charge in [0.1, 0.15) is 5.82 Å². The van der Waals surface area contributed by atoms with Crippen LogP contribution in [0.25, 0.3) is 0 Å². The molecule has 1 aliphatic rings. The van der Waals surface area contributed by atoms with Crippen molar-refractivity contribution in [2.24, 2.45) is 0 Å². The van der Waals surface area contributed by atoms with Crippen LogP contribution in [0.1, 0.15) is 22.3 Å². The molecule has 8 heteroatoms. The van der Waals surface area contributed by atoms with Crippen LogP contribution in [0.4, 0.5) is 11.6 Å². The number of nitrogens with one attached hydrogen (secondary N) is 2. The molecule has 1 aromatic carbocycles. The van der Waals surface area contributed by atoms with Crippen LogP contribution in [-0.4, -0.2) is 42.1 Å². The summed E-state index contributed by atoms with van der Waals surface area (Å²) in [6.45, 7) is 1.92.